The molecule has 1 aliphatic rings. The lowest BCUT2D eigenvalue weighted by atomic mass is 10.2. The zero-order valence-electron chi connectivity index (χ0n) is 13.5. The Morgan fingerprint density at radius 1 is 1.16 bits per heavy atom. The van der Waals surface area contributed by atoms with E-state index in [2.05, 4.69) is 27.8 Å². The lowest BCUT2D eigenvalue weighted by Gasteiger charge is -2.34. The molecule has 3 heterocycles. The van der Waals surface area contributed by atoms with E-state index in [4.69, 9.17) is 16.6 Å². The van der Waals surface area contributed by atoms with Gasteiger partial charge in [-0.05, 0) is 46.6 Å². The van der Waals surface area contributed by atoms with Gasteiger partial charge in [0.1, 0.15) is 0 Å². The van der Waals surface area contributed by atoms with Gasteiger partial charge in [0, 0.05) is 26.2 Å². The average molecular weight is 457 g/mol. The molecule has 1 aliphatic heterocycles. The first kappa shape index (κ1) is 17.3. The van der Waals surface area contributed by atoms with Gasteiger partial charge in [-0.15, -0.1) is 11.3 Å². The number of rotatable bonds is 2. The molecule has 2 aromatic heterocycles. The zero-order valence-corrected chi connectivity index (χ0v) is 17.4. The van der Waals surface area contributed by atoms with E-state index in [-0.39, 0.29) is 5.91 Å². The first-order valence-electron chi connectivity index (χ1n) is 7.88. The predicted octanol–water partition coefficient (Wildman–Crippen LogP) is 5.04. The minimum atomic E-state index is 0.110. The minimum absolute atomic E-state index is 0.110. The van der Waals surface area contributed by atoms with Crippen LogP contribution in [0.5, 0.6) is 0 Å². The number of hydrogen-bond donors (Lipinski definition) is 0. The summed E-state index contributed by atoms with van der Waals surface area (Å²) in [6.07, 6.45) is 0. The summed E-state index contributed by atoms with van der Waals surface area (Å²) in [5.41, 5.74) is 2.12. The summed E-state index contributed by atoms with van der Waals surface area (Å²) in [6.45, 7) is 5.04. The van der Waals surface area contributed by atoms with Crippen LogP contribution in [-0.4, -0.2) is 42.0 Å². The van der Waals surface area contributed by atoms with Crippen LogP contribution >= 0.6 is 50.2 Å². The first-order chi connectivity index (χ1) is 12.0. The number of amides is 1. The number of piperazine rings is 1. The van der Waals surface area contributed by atoms with Gasteiger partial charge in [0.2, 0.25) is 0 Å². The van der Waals surface area contributed by atoms with Crippen molar-refractivity contribution in [1.82, 2.24) is 9.88 Å². The molecule has 130 valence electrons. The number of thiazole rings is 1. The van der Waals surface area contributed by atoms with E-state index in [0.717, 1.165) is 47.7 Å². The predicted molar refractivity (Wildman–Crippen MR) is 110 cm³/mol. The summed E-state index contributed by atoms with van der Waals surface area (Å²) < 4.78 is 2.02. The second-order valence-corrected chi connectivity index (χ2v) is 9.77. The van der Waals surface area contributed by atoms with Gasteiger partial charge in [-0.25, -0.2) is 4.98 Å². The molecule has 1 saturated heterocycles. The Bertz CT molecular complexity index is 908. The van der Waals surface area contributed by atoms with Crippen LogP contribution < -0.4 is 4.90 Å². The lowest BCUT2D eigenvalue weighted by Crippen LogP contribution is -2.48. The number of fused-ring (bicyclic) bond motifs is 1. The Morgan fingerprint density at radius 3 is 2.56 bits per heavy atom. The molecule has 25 heavy (non-hydrogen) atoms. The molecule has 0 N–H and O–H groups in total. The normalized spacial score (nSPS) is 15.2. The van der Waals surface area contributed by atoms with Crippen molar-refractivity contribution in [2.24, 2.45) is 0 Å². The van der Waals surface area contributed by atoms with Crippen molar-refractivity contribution < 1.29 is 4.79 Å². The number of aromatic nitrogens is 1. The van der Waals surface area contributed by atoms with E-state index in [0.29, 0.717) is 13.1 Å². The fraction of sp³-hybridized carbons (Fsp3) is 0.294. The van der Waals surface area contributed by atoms with E-state index >= 15 is 0 Å². The van der Waals surface area contributed by atoms with Gasteiger partial charge in [0.25, 0.3) is 5.91 Å². The van der Waals surface area contributed by atoms with Crippen LogP contribution in [0.1, 0.15) is 15.2 Å². The summed E-state index contributed by atoms with van der Waals surface area (Å²) >= 11 is 12.8. The molecular formula is C17H15BrClN3OS2. The molecule has 0 atom stereocenters. The Hall–Kier alpha value is -1.15. The van der Waals surface area contributed by atoms with E-state index in [1.807, 2.05) is 29.2 Å². The molecule has 3 aromatic rings. The Labute approximate surface area is 167 Å². The summed E-state index contributed by atoms with van der Waals surface area (Å²) in [4.78, 5) is 22.3. The zero-order chi connectivity index (χ0) is 17.6. The van der Waals surface area contributed by atoms with Crippen molar-refractivity contribution in [3.8, 4) is 0 Å². The third kappa shape index (κ3) is 3.30. The van der Waals surface area contributed by atoms with E-state index in [1.54, 1.807) is 11.3 Å². The quantitative estimate of drug-likeness (QED) is 0.542. The smallest absolute Gasteiger partial charge is 0.264 e. The van der Waals surface area contributed by atoms with Gasteiger partial charge < -0.3 is 9.80 Å². The van der Waals surface area contributed by atoms with Crippen LogP contribution in [0.3, 0.4) is 0 Å². The maximum absolute atomic E-state index is 12.6. The number of hydrogen-bond acceptors (Lipinski definition) is 5. The number of nitrogens with zero attached hydrogens (tertiary/aromatic N) is 3. The molecule has 0 spiro atoms. The molecule has 1 aromatic carbocycles. The molecule has 0 radical (unpaired) electrons. The number of carbonyl (C=O) groups excluding carboxylic acids is 1. The highest BCUT2D eigenvalue weighted by molar-refractivity contribution is 9.11. The van der Waals surface area contributed by atoms with Crippen molar-refractivity contribution in [3.05, 3.63) is 43.5 Å². The van der Waals surface area contributed by atoms with Crippen molar-refractivity contribution in [1.29, 1.82) is 0 Å². The summed E-state index contributed by atoms with van der Waals surface area (Å²) in [6, 6.07) is 7.73. The van der Waals surface area contributed by atoms with Gasteiger partial charge in [-0.2, -0.15) is 0 Å². The molecule has 0 aliphatic carbocycles. The number of anilines is 1. The van der Waals surface area contributed by atoms with E-state index in [1.165, 1.54) is 11.3 Å². The van der Waals surface area contributed by atoms with Crippen LogP contribution in [0.4, 0.5) is 5.13 Å². The lowest BCUT2D eigenvalue weighted by molar-refractivity contribution is 0.0751. The molecule has 0 saturated carbocycles. The number of benzene rings is 1. The molecule has 4 rings (SSSR count). The molecule has 0 unspecified atom stereocenters. The van der Waals surface area contributed by atoms with Gasteiger partial charge in [-0.3, -0.25) is 4.79 Å². The standard InChI is InChI=1S/C17H15BrClN3OS2/c1-10-2-3-11(19)15-14(10)20-17(25-15)22-8-6-21(7-9-22)16(23)12-4-5-13(18)24-12/h2-5H,6-9H2,1H3. The third-order valence-corrected chi connectivity index (χ3v) is 7.50. The van der Waals surface area contributed by atoms with Crippen molar-refractivity contribution in [2.45, 2.75) is 6.92 Å². The molecule has 4 nitrogen and oxygen atoms in total. The van der Waals surface area contributed by atoms with Gasteiger partial charge in [0.15, 0.2) is 5.13 Å². The van der Waals surface area contributed by atoms with Crippen LogP contribution in [0.2, 0.25) is 5.02 Å². The van der Waals surface area contributed by atoms with Gasteiger partial charge in [0.05, 0.1) is 23.9 Å². The molecule has 0 bridgehead atoms. The summed E-state index contributed by atoms with van der Waals surface area (Å²) in [7, 11) is 0. The topological polar surface area (TPSA) is 36.4 Å². The largest absolute Gasteiger partial charge is 0.345 e. The second-order valence-electron chi connectivity index (χ2n) is 5.92. The third-order valence-electron chi connectivity index (χ3n) is 4.31. The fourth-order valence-electron chi connectivity index (χ4n) is 2.91. The fourth-order valence-corrected chi connectivity index (χ4v) is 5.63. The summed E-state index contributed by atoms with van der Waals surface area (Å²) in [5.74, 6) is 0.110. The maximum atomic E-state index is 12.6. The van der Waals surface area contributed by atoms with Crippen molar-refractivity contribution in [2.75, 3.05) is 31.1 Å². The van der Waals surface area contributed by atoms with Gasteiger partial charge >= 0.3 is 0 Å². The molecule has 1 amide bonds. The minimum Gasteiger partial charge on any atom is -0.345 e. The average Bonchev–Trinajstić information content (AvgIpc) is 3.25. The number of thiophene rings is 1. The van der Waals surface area contributed by atoms with E-state index < -0.39 is 0 Å². The van der Waals surface area contributed by atoms with Gasteiger partial charge in [-0.1, -0.05) is 29.0 Å². The van der Waals surface area contributed by atoms with Crippen LogP contribution in [0.25, 0.3) is 10.2 Å². The highest BCUT2D eigenvalue weighted by atomic mass is 79.9. The first-order valence-corrected chi connectivity index (χ1v) is 10.7. The van der Waals surface area contributed by atoms with Crippen LogP contribution in [0.15, 0.2) is 28.1 Å². The van der Waals surface area contributed by atoms with Crippen LogP contribution in [-0.2, 0) is 0 Å². The monoisotopic (exact) mass is 455 g/mol. The van der Waals surface area contributed by atoms with E-state index in [9.17, 15) is 4.79 Å². The Morgan fingerprint density at radius 2 is 1.92 bits per heavy atom. The molecule has 1 fully saturated rings. The Kier molecular flexibility index (Phi) is 4.75. The number of aryl methyl sites for hydroxylation is 1. The second kappa shape index (κ2) is 6.87. The summed E-state index contributed by atoms with van der Waals surface area (Å²) in [5, 5.41) is 1.73. The van der Waals surface area contributed by atoms with Crippen LogP contribution in [0, 0.1) is 6.92 Å². The maximum Gasteiger partial charge on any atom is 0.264 e. The van der Waals surface area contributed by atoms with Crippen molar-refractivity contribution in [3.63, 3.8) is 0 Å². The Balaban J connectivity index is 1.49. The number of halogens is 2. The SMILES string of the molecule is Cc1ccc(Cl)c2sc(N3CCN(C(=O)c4ccc(Br)s4)CC3)nc12. The molecule has 8 heteroatoms. The molecular weight excluding hydrogens is 442 g/mol. The highest BCUT2D eigenvalue weighted by Crippen LogP contribution is 2.36. The number of carbonyl (C=O) groups is 1. The highest BCUT2D eigenvalue weighted by Gasteiger charge is 2.25. The van der Waals surface area contributed by atoms with Crippen molar-refractivity contribution >= 4 is 71.5 Å².